The minimum absolute atomic E-state index is 0. The SMILES string of the molecule is Cl.Nc1cccc(O)c1-c1ccccc1. The fourth-order valence-electron chi connectivity index (χ4n) is 1.48. The number of nitrogens with two attached hydrogens (primary N) is 1. The molecule has 0 aliphatic carbocycles. The molecule has 78 valence electrons. The molecular weight excluding hydrogens is 210 g/mol. The Morgan fingerprint density at radius 3 is 2.13 bits per heavy atom. The van der Waals surface area contributed by atoms with Crippen LogP contribution in [0.5, 0.6) is 5.75 Å². The van der Waals surface area contributed by atoms with Crippen LogP contribution in [0, 0.1) is 0 Å². The fraction of sp³-hybridized carbons (Fsp3) is 0. The van der Waals surface area contributed by atoms with Crippen LogP contribution in [0.4, 0.5) is 5.69 Å². The first-order valence-corrected chi connectivity index (χ1v) is 4.42. The van der Waals surface area contributed by atoms with Gasteiger partial charge in [0.05, 0.1) is 0 Å². The molecule has 0 amide bonds. The summed E-state index contributed by atoms with van der Waals surface area (Å²) in [5.41, 5.74) is 8.02. The second-order valence-electron chi connectivity index (χ2n) is 3.11. The summed E-state index contributed by atoms with van der Waals surface area (Å²) in [7, 11) is 0. The van der Waals surface area contributed by atoms with Crippen LogP contribution in [0.3, 0.4) is 0 Å². The van der Waals surface area contributed by atoms with Crippen LogP contribution in [-0.2, 0) is 0 Å². The molecule has 2 nitrogen and oxygen atoms in total. The van der Waals surface area contributed by atoms with E-state index in [2.05, 4.69) is 0 Å². The van der Waals surface area contributed by atoms with Gasteiger partial charge in [-0.2, -0.15) is 0 Å². The first-order valence-electron chi connectivity index (χ1n) is 4.42. The number of rotatable bonds is 1. The Morgan fingerprint density at radius 2 is 1.53 bits per heavy atom. The third kappa shape index (κ3) is 2.22. The molecular formula is C12H12ClNO. The van der Waals surface area contributed by atoms with Gasteiger partial charge in [-0.1, -0.05) is 36.4 Å². The molecule has 2 rings (SSSR count). The topological polar surface area (TPSA) is 46.2 Å². The largest absolute Gasteiger partial charge is 0.507 e. The highest BCUT2D eigenvalue weighted by molar-refractivity contribution is 5.85. The number of phenolic OH excluding ortho intramolecular Hbond substituents is 1. The van der Waals surface area contributed by atoms with Gasteiger partial charge >= 0.3 is 0 Å². The molecule has 0 saturated carbocycles. The standard InChI is InChI=1S/C12H11NO.ClH/c13-10-7-4-8-11(14)12(10)9-5-2-1-3-6-9;/h1-8,14H,13H2;1H. The van der Waals surface area contributed by atoms with Crippen molar-refractivity contribution < 1.29 is 5.11 Å². The van der Waals surface area contributed by atoms with Crippen LogP contribution in [0.15, 0.2) is 48.5 Å². The highest BCUT2D eigenvalue weighted by Gasteiger charge is 2.06. The summed E-state index contributed by atoms with van der Waals surface area (Å²) in [5.74, 6) is 0.219. The number of halogens is 1. The molecule has 0 radical (unpaired) electrons. The Hall–Kier alpha value is -1.67. The molecule has 15 heavy (non-hydrogen) atoms. The molecule has 0 spiro atoms. The third-order valence-corrected chi connectivity index (χ3v) is 2.14. The number of nitrogen functional groups attached to an aromatic ring is 1. The van der Waals surface area contributed by atoms with Gasteiger partial charge in [-0.3, -0.25) is 0 Å². The molecule has 3 heteroatoms. The van der Waals surface area contributed by atoms with Crippen molar-refractivity contribution in [1.82, 2.24) is 0 Å². The van der Waals surface area contributed by atoms with Gasteiger partial charge in [-0.25, -0.2) is 0 Å². The van der Waals surface area contributed by atoms with Gasteiger partial charge in [0.1, 0.15) is 5.75 Å². The summed E-state index contributed by atoms with van der Waals surface area (Å²) in [6, 6.07) is 14.8. The van der Waals surface area contributed by atoms with Crippen molar-refractivity contribution >= 4 is 18.1 Å². The summed E-state index contributed by atoms with van der Waals surface area (Å²) in [6.07, 6.45) is 0. The van der Waals surface area contributed by atoms with Crippen molar-refractivity contribution in [1.29, 1.82) is 0 Å². The van der Waals surface area contributed by atoms with E-state index in [1.54, 1.807) is 18.2 Å². The van der Waals surface area contributed by atoms with E-state index in [0.29, 0.717) is 11.3 Å². The van der Waals surface area contributed by atoms with Gasteiger partial charge in [-0.05, 0) is 17.7 Å². The first-order chi connectivity index (χ1) is 6.79. The van der Waals surface area contributed by atoms with E-state index in [0.717, 1.165) is 5.56 Å². The summed E-state index contributed by atoms with van der Waals surface area (Å²) >= 11 is 0. The quantitative estimate of drug-likeness (QED) is 0.727. The van der Waals surface area contributed by atoms with E-state index in [1.165, 1.54) is 0 Å². The van der Waals surface area contributed by atoms with E-state index in [1.807, 2.05) is 30.3 Å². The monoisotopic (exact) mass is 221 g/mol. The number of aromatic hydroxyl groups is 1. The lowest BCUT2D eigenvalue weighted by Crippen LogP contribution is -1.89. The van der Waals surface area contributed by atoms with Gasteiger partial charge in [0.15, 0.2) is 0 Å². The zero-order valence-electron chi connectivity index (χ0n) is 8.05. The first kappa shape index (κ1) is 11.4. The third-order valence-electron chi connectivity index (χ3n) is 2.14. The number of anilines is 1. The molecule has 0 aliphatic heterocycles. The van der Waals surface area contributed by atoms with E-state index in [4.69, 9.17) is 5.73 Å². The fourth-order valence-corrected chi connectivity index (χ4v) is 1.48. The molecule has 0 fully saturated rings. The Kier molecular flexibility index (Phi) is 3.58. The van der Waals surface area contributed by atoms with Crippen LogP contribution in [0.2, 0.25) is 0 Å². The van der Waals surface area contributed by atoms with Gasteiger partial charge in [0.25, 0.3) is 0 Å². The van der Waals surface area contributed by atoms with E-state index >= 15 is 0 Å². The van der Waals surface area contributed by atoms with E-state index in [9.17, 15) is 5.11 Å². The van der Waals surface area contributed by atoms with Crippen molar-refractivity contribution in [2.45, 2.75) is 0 Å². The molecule has 0 bridgehead atoms. The number of hydrogen-bond acceptors (Lipinski definition) is 2. The van der Waals surface area contributed by atoms with Crippen molar-refractivity contribution in [3.63, 3.8) is 0 Å². The van der Waals surface area contributed by atoms with Crippen molar-refractivity contribution in [2.24, 2.45) is 0 Å². The van der Waals surface area contributed by atoms with Crippen LogP contribution in [-0.4, -0.2) is 5.11 Å². The second-order valence-corrected chi connectivity index (χ2v) is 3.11. The molecule has 0 atom stereocenters. The molecule has 0 saturated heterocycles. The predicted octanol–water partition coefficient (Wildman–Crippen LogP) is 3.06. The van der Waals surface area contributed by atoms with E-state index in [-0.39, 0.29) is 18.2 Å². The smallest absolute Gasteiger partial charge is 0.125 e. The molecule has 2 aromatic carbocycles. The van der Waals surface area contributed by atoms with Crippen molar-refractivity contribution in [3.05, 3.63) is 48.5 Å². The lowest BCUT2D eigenvalue weighted by atomic mass is 10.0. The van der Waals surface area contributed by atoms with E-state index < -0.39 is 0 Å². The Morgan fingerprint density at radius 1 is 0.867 bits per heavy atom. The average Bonchev–Trinajstić information content (AvgIpc) is 2.19. The van der Waals surface area contributed by atoms with Gasteiger partial charge in [0.2, 0.25) is 0 Å². The highest BCUT2D eigenvalue weighted by Crippen LogP contribution is 2.33. The maximum atomic E-state index is 9.66. The maximum absolute atomic E-state index is 9.66. The molecule has 0 unspecified atom stereocenters. The summed E-state index contributed by atoms with van der Waals surface area (Å²) in [5, 5.41) is 9.66. The molecule has 0 aromatic heterocycles. The zero-order chi connectivity index (χ0) is 9.97. The van der Waals surface area contributed by atoms with Crippen LogP contribution < -0.4 is 5.73 Å². The van der Waals surface area contributed by atoms with Crippen LogP contribution >= 0.6 is 12.4 Å². The molecule has 2 aromatic rings. The lowest BCUT2D eigenvalue weighted by molar-refractivity contribution is 0.477. The Balaban J connectivity index is 0.00000112. The normalized spacial score (nSPS) is 9.33. The minimum Gasteiger partial charge on any atom is -0.507 e. The predicted molar refractivity (Wildman–Crippen MR) is 65.2 cm³/mol. The van der Waals surface area contributed by atoms with Crippen LogP contribution in [0.25, 0.3) is 11.1 Å². The van der Waals surface area contributed by atoms with Crippen LogP contribution in [0.1, 0.15) is 0 Å². The Bertz CT molecular complexity index is 422. The van der Waals surface area contributed by atoms with Gasteiger partial charge in [0, 0.05) is 11.3 Å². The summed E-state index contributed by atoms with van der Waals surface area (Å²) < 4.78 is 0. The number of benzene rings is 2. The van der Waals surface area contributed by atoms with Gasteiger partial charge in [-0.15, -0.1) is 12.4 Å². The summed E-state index contributed by atoms with van der Waals surface area (Å²) in [6.45, 7) is 0. The summed E-state index contributed by atoms with van der Waals surface area (Å²) in [4.78, 5) is 0. The molecule has 0 heterocycles. The highest BCUT2D eigenvalue weighted by atomic mass is 35.5. The maximum Gasteiger partial charge on any atom is 0.125 e. The number of phenols is 1. The average molecular weight is 222 g/mol. The molecule has 3 N–H and O–H groups in total. The zero-order valence-corrected chi connectivity index (χ0v) is 8.87. The van der Waals surface area contributed by atoms with Crippen molar-refractivity contribution in [2.75, 3.05) is 5.73 Å². The minimum atomic E-state index is 0. The van der Waals surface area contributed by atoms with Crippen molar-refractivity contribution in [3.8, 4) is 16.9 Å². The Labute approximate surface area is 94.8 Å². The van der Waals surface area contributed by atoms with Gasteiger partial charge < -0.3 is 10.8 Å². The lowest BCUT2D eigenvalue weighted by Gasteiger charge is -2.07. The second kappa shape index (κ2) is 4.71. The number of hydrogen-bond donors (Lipinski definition) is 2. The molecule has 0 aliphatic rings.